The minimum absolute atomic E-state index is 0.194. The molecule has 24 heavy (non-hydrogen) atoms. The summed E-state index contributed by atoms with van der Waals surface area (Å²) >= 11 is 0. The Kier molecular flexibility index (Phi) is 5.08. The average Bonchev–Trinajstić information content (AvgIpc) is 2.53. The SMILES string of the molecule is CNC(=O)c1cccc(Oc2cccc(C(C)(C)NC(=O)O)c2)c1. The fraction of sp³-hybridized carbons (Fsp3) is 0.222. The van der Waals surface area contributed by atoms with E-state index in [0.29, 0.717) is 17.1 Å². The van der Waals surface area contributed by atoms with Gasteiger partial charge in [-0.05, 0) is 49.7 Å². The molecule has 0 unspecified atom stereocenters. The highest BCUT2D eigenvalue weighted by atomic mass is 16.5. The number of amides is 2. The fourth-order valence-electron chi connectivity index (χ4n) is 2.27. The largest absolute Gasteiger partial charge is 0.465 e. The lowest BCUT2D eigenvalue weighted by molar-refractivity contribution is 0.0962. The Bertz CT molecular complexity index is 756. The van der Waals surface area contributed by atoms with Crippen LogP contribution in [0.2, 0.25) is 0 Å². The van der Waals surface area contributed by atoms with E-state index in [-0.39, 0.29) is 5.91 Å². The molecule has 0 aliphatic heterocycles. The van der Waals surface area contributed by atoms with E-state index in [9.17, 15) is 9.59 Å². The van der Waals surface area contributed by atoms with Gasteiger partial charge in [0.05, 0.1) is 5.54 Å². The van der Waals surface area contributed by atoms with Gasteiger partial charge in [-0.2, -0.15) is 0 Å². The maximum Gasteiger partial charge on any atom is 0.405 e. The topological polar surface area (TPSA) is 87.7 Å². The smallest absolute Gasteiger partial charge is 0.405 e. The Morgan fingerprint density at radius 2 is 1.67 bits per heavy atom. The zero-order valence-electron chi connectivity index (χ0n) is 13.8. The van der Waals surface area contributed by atoms with Crippen LogP contribution in [0.4, 0.5) is 4.79 Å². The normalized spacial score (nSPS) is 10.8. The molecule has 0 spiro atoms. The van der Waals surface area contributed by atoms with Gasteiger partial charge in [-0.1, -0.05) is 18.2 Å². The van der Waals surface area contributed by atoms with Crippen molar-refractivity contribution in [2.75, 3.05) is 7.05 Å². The zero-order valence-corrected chi connectivity index (χ0v) is 13.8. The van der Waals surface area contributed by atoms with Gasteiger partial charge in [0.25, 0.3) is 5.91 Å². The van der Waals surface area contributed by atoms with E-state index in [1.807, 2.05) is 6.07 Å². The molecular formula is C18H20N2O4. The maximum absolute atomic E-state index is 11.7. The minimum atomic E-state index is -1.09. The molecular weight excluding hydrogens is 308 g/mol. The van der Waals surface area contributed by atoms with E-state index < -0.39 is 11.6 Å². The van der Waals surface area contributed by atoms with Gasteiger partial charge in [0.1, 0.15) is 11.5 Å². The van der Waals surface area contributed by atoms with Crippen LogP contribution in [0.15, 0.2) is 48.5 Å². The number of rotatable bonds is 5. The third-order valence-corrected chi connectivity index (χ3v) is 3.53. The molecule has 0 radical (unpaired) electrons. The highest BCUT2D eigenvalue weighted by Crippen LogP contribution is 2.27. The quantitative estimate of drug-likeness (QED) is 0.785. The van der Waals surface area contributed by atoms with Crippen LogP contribution in [0.5, 0.6) is 11.5 Å². The molecule has 2 amide bonds. The second kappa shape index (κ2) is 7.04. The van der Waals surface area contributed by atoms with Crippen molar-refractivity contribution in [3.8, 4) is 11.5 Å². The van der Waals surface area contributed by atoms with Crippen LogP contribution in [-0.4, -0.2) is 24.2 Å². The lowest BCUT2D eigenvalue weighted by Gasteiger charge is -2.25. The highest BCUT2D eigenvalue weighted by molar-refractivity contribution is 5.94. The number of nitrogens with one attached hydrogen (secondary N) is 2. The predicted octanol–water partition coefficient (Wildman–Crippen LogP) is 3.34. The molecule has 0 saturated heterocycles. The summed E-state index contributed by atoms with van der Waals surface area (Å²) in [6.07, 6.45) is -1.09. The molecule has 0 fully saturated rings. The molecule has 0 aliphatic carbocycles. The first-order valence-corrected chi connectivity index (χ1v) is 7.43. The molecule has 0 aliphatic rings. The van der Waals surface area contributed by atoms with Crippen molar-refractivity contribution in [2.24, 2.45) is 0 Å². The first-order valence-electron chi connectivity index (χ1n) is 7.43. The Balaban J connectivity index is 2.24. The summed E-state index contributed by atoms with van der Waals surface area (Å²) in [6, 6.07) is 14.0. The molecule has 2 aromatic rings. The molecule has 6 nitrogen and oxygen atoms in total. The Labute approximate surface area is 140 Å². The van der Waals surface area contributed by atoms with E-state index >= 15 is 0 Å². The van der Waals surface area contributed by atoms with E-state index in [1.165, 1.54) is 0 Å². The molecule has 0 aromatic heterocycles. The lowest BCUT2D eigenvalue weighted by atomic mass is 9.94. The first kappa shape index (κ1) is 17.3. The van der Waals surface area contributed by atoms with E-state index in [4.69, 9.17) is 9.84 Å². The number of carbonyl (C=O) groups excluding carboxylic acids is 1. The molecule has 2 rings (SSSR count). The Morgan fingerprint density at radius 3 is 2.29 bits per heavy atom. The van der Waals surface area contributed by atoms with Gasteiger partial charge in [-0.25, -0.2) is 4.79 Å². The van der Waals surface area contributed by atoms with Gasteiger partial charge in [0.2, 0.25) is 0 Å². The summed E-state index contributed by atoms with van der Waals surface area (Å²) < 4.78 is 5.80. The van der Waals surface area contributed by atoms with Crippen LogP contribution < -0.4 is 15.4 Å². The standard InChI is InChI=1S/C18H20N2O4/c1-18(2,20-17(22)23)13-7-5-9-15(11-13)24-14-8-4-6-12(10-14)16(21)19-3/h4-11,20H,1-3H3,(H,19,21)(H,22,23). The van der Waals surface area contributed by atoms with Crippen LogP contribution in [0, 0.1) is 0 Å². The van der Waals surface area contributed by atoms with Crippen LogP contribution in [-0.2, 0) is 5.54 Å². The van der Waals surface area contributed by atoms with Crippen molar-refractivity contribution in [1.82, 2.24) is 10.6 Å². The molecule has 6 heteroatoms. The molecule has 3 N–H and O–H groups in total. The lowest BCUT2D eigenvalue weighted by Crippen LogP contribution is -2.40. The van der Waals surface area contributed by atoms with E-state index in [0.717, 1.165) is 5.56 Å². The van der Waals surface area contributed by atoms with Gasteiger partial charge in [-0.3, -0.25) is 4.79 Å². The molecule has 2 aromatic carbocycles. The van der Waals surface area contributed by atoms with Crippen molar-refractivity contribution >= 4 is 12.0 Å². The minimum Gasteiger partial charge on any atom is -0.465 e. The summed E-state index contributed by atoms with van der Waals surface area (Å²) in [5.41, 5.74) is 0.513. The van der Waals surface area contributed by atoms with Crippen molar-refractivity contribution in [1.29, 1.82) is 0 Å². The van der Waals surface area contributed by atoms with Crippen LogP contribution in [0.25, 0.3) is 0 Å². The summed E-state index contributed by atoms with van der Waals surface area (Å²) in [5.74, 6) is 0.889. The molecule has 0 saturated carbocycles. The Hall–Kier alpha value is -3.02. The van der Waals surface area contributed by atoms with Gasteiger partial charge < -0.3 is 20.5 Å². The monoisotopic (exact) mass is 328 g/mol. The summed E-state index contributed by atoms with van der Waals surface area (Å²) in [7, 11) is 1.57. The van der Waals surface area contributed by atoms with Gasteiger partial charge in [-0.15, -0.1) is 0 Å². The third-order valence-electron chi connectivity index (χ3n) is 3.53. The van der Waals surface area contributed by atoms with Gasteiger partial charge in [0, 0.05) is 12.6 Å². The number of ether oxygens (including phenoxy) is 1. The average molecular weight is 328 g/mol. The second-order valence-corrected chi connectivity index (χ2v) is 5.79. The molecule has 0 atom stereocenters. The summed E-state index contributed by atoms with van der Waals surface area (Å²) in [6.45, 7) is 3.54. The number of hydrogen-bond acceptors (Lipinski definition) is 3. The molecule has 126 valence electrons. The van der Waals surface area contributed by atoms with Gasteiger partial charge >= 0.3 is 6.09 Å². The van der Waals surface area contributed by atoms with E-state index in [2.05, 4.69) is 10.6 Å². The van der Waals surface area contributed by atoms with Gasteiger partial charge in [0.15, 0.2) is 0 Å². The fourth-order valence-corrected chi connectivity index (χ4v) is 2.27. The first-order chi connectivity index (χ1) is 11.3. The highest BCUT2D eigenvalue weighted by Gasteiger charge is 2.23. The van der Waals surface area contributed by atoms with E-state index in [1.54, 1.807) is 63.4 Å². The zero-order chi connectivity index (χ0) is 17.7. The van der Waals surface area contributed by atoms with Crippen molar-refractivity contribution in [3.63, 3.8) is 0 Å². The maximum atomic E-state index is 11.7. The predicted molar refractivity (Wildman–Crippen MR) is 90.5 cm³/mol. The summed E-state index contributed by atoms with van der Waals surface area (Å²) in [5, 5.41) is 14.0. The van der Waals surface area contributed by atoms with Crippen molar-refractivity contribution < 1.29 is 19.4 Å². The Morgan fingerprint density at radius 1 is 1.04 bits per heavy atom. The van der Waals surface area contributed by atoms with Crippen molar-refractivity contribution in [2.45, 2.75) is 19.4 Å². The van der Waals surface area contributed by atoms with Crippen molar-refractivity contribution in [3.05, 3.63) is 59.7 Å². The summed E-state index contributed by atoms with van der Waals surface area (Å²) in [4.78, 5) is 22.6. The molecule has 0 bridgehead atoms. The second-order valence-electron chi connectivity index (χ2n) is 5.79. The van der Waals surface area contributed by atoms with Crippen LogP contribution >= 0.6 is 0 Å². The van der Waals surface area contributed by atoms with Crippen LogP contribution in [0.1, 0.15) is 29.8 Å². The number of hydrogen-bond donors (Lipinski definition) is 3. The third kappa shape index (κ3) is 4.25. The number of benzene rings is 2. The molecule has 0 heterocycles. The van der Waals surface area contributed by atoms with Crippen LogP contribution in [0.3, 0.4) is 0 Å². The number of carboxylic acid groups (broad SMARTS) is 1. The number of carbonyl (C=O) groups is 2.